The minimum atomic E-state index is 0.647. The molecule has 0 N–H and O–H groups in total. The summed E-state index contributed by atoms with van der Waals surface area (Å²) in [6.45, 7) is 0. The van der Waals surface area contributed by atoms with Crippen molar-refractivity contribution < 1.29 is 0 Å². The molecule has 0 saturated carbocycles. The fourth-order valence-electron chi connectivity index (χ4n) is 2.37. The second-order valence-corrected chi connectivity index (χ2v) is 7.37. The van der Waals surface area contributed by atoms with Crippen molar-refractivity contribution in [2.24, 2.45) is 20.5 Å². The van der Waals surface area contributed by atoms with E-state index in [9.17, 15) is 0 Å². The van der Waals surface area contributed by atoms with Gasteiger partial charge >= 0.3 is 0 Å². The zero-order valence-electron chi connectivity index (χ0n) is 14.9. The molecule has 0 spiro atoms. The minimum absolute atomic E-state index is 0.647. The maximum absolute atomic E-state index is 4.20. The van der Waals surface area contributed by atoms with Crippen molar-refractivity contribution in [1.29, 1.82) is 0 Å². The van der Waals surface area contributed by atoms with Crippen LogP contribution in [0.4, 0.5) is 33.0 Å². The van der Waals surface area contributed by atoms with Crippen LogP contribution < -0.4 is 4.90 Å². The van der Waals surface area contributed by atoms with Gasteiger partial charge in [-0.25, -0.2) is 9.97 Å². The van der Waals surface area contributed by atoms with E-state index in [1.807, 2.05) is 66.3 Å². The molecule has 0 aliphatic heterocycles. The molecule has 4 aromatic rings. The van der Waals surface area contributed by atoms with E-state index in [1.165, 1.54) is 22.7 Å². The molecule has 0 saturated heterocycles. The number of rotatable bonds is 6. The number of benzene rings is 2. The molecule has 28 heavy (non-hydrogen) atoms. The zero-order valence-corrected chi connectivity index (χ0v) is 16.5. The van der Waals surface area contributed by atoms with Gasteiger partial charge < -0.3 is 4.90 Å². The van der Waals surface area contributed by atoms with Crippen molar-refractivity contribution in [3.63, 3.8) is 0 Å². The topological polar surface area (TPSA) is 78.5 Å². The molecule has 2 heterocycles. The highest BCUT2D eigenvalue weighted by molar-refractivity contribution is 7.13. The summed E-state index contributed by atoms with van der Waals surface area (Å²) in [6.07, 6.45) is 3.42. The quantitative estimate of drug-likeness (QED) is 0.318. The van der Waals surface area contributed by atoms with E-state index < -0.39 is 0 Å². The number of aromatic nitrogens is 2. The summed E-state index contributed by atoms with van der Waals surface area (Å²) >= 11 is 2.91. The highest BCUT2D eigenvalue weighted by Gasteiger charge is 2.04. The number of hydrogen-bond donors (Lipinski definition) is 0. The van der Waals surface area contributed by atoms with E-state index in [2.05, 4.69) is 35.3 Å². The Balaban J connectivity index is 1.43. The van der Waals surface area contributed by atoms with Gasteiger partial charge in [0, 0.05) is 41.6 Å². The molecule has 0 fully saturated rings. The first-order valence-corrected chi connectivity index (χ1v) is 10.1. The van der Waals surface area contributed by atoms with Crippen LogP contribution in [0.5, 0.6) is 0 Å². The van der Waals surface area contributed by atoms with Gasteiger partial charge in [0.15, 0.2) is 0 Å². The lowest BCUT2D eigenvalue weighted by atomic mass is 10.2. The average Bonchev–Trinajstić information content (AvgIpc) is 3.45. The Kier molecular flexibility index (Phi) is 5.55. The average molecular weight is 406 g/mol. The summed E-state index contributed by atoms with van der Waals surface area (Å²) in [5.74, 6) is 0. The van der Waals surface area contributed by atoms with E-state index in [4.69, 9.17) is 0 Å². The maximum Gasteiger partial charge on any atom is 0.229 e. The van der Waals surface area contributed by atoms with Crippen molar-refractivity contribution >= 4 is 55.7 Å². The van der Waals surface area contributed by atoms with Crippen molar-refractivity contribution in [2.45, 2.75) is 0 Å². The summed E-state index contributed by atoms with van der Waals surface area (Å²) in [7, 11) is 2.01. The van der Waals surface area contributed by atoms with Crippen LogP contribution in [0.2, 0.25) is 0 Å². The van der Waals surface area contributed by atoms with Gasteiger partial charge in [-0.05, 0) is 48.5 Å². The van der Waals surface area contributed by atoms with Gasteiger partial charge in [-0.3, -0.25) is 0 Å². The standard InChI is InChI=1S/C19H15N7S2/c1-26(16-6-2-14(3-7-16)22-24-18-20-10-12-27-18)17-8-4-15(5-9-17)23-25-19-21-11-13-28-19/h2-13H,1H3. The largest absolute Gasteiger partial charge is 0.345 e. The lowest BCUT2D eigenvalue weighted by Crippen LogP contribution is -2.08. The van der Waals surface area contributed by atoms with E-state index >= 15 is 0 Å². The molecule has 9 heteroatoms. The van der Waals surface area contributed by atoms with E-state index in [0.29, 0.717) is 10.3 Å². The van der Waals surface area contributed by atoms with Gasteiger partial charge in [-0.15, -0.1) is 43.1 Å². The van der Waals surface area contributed by atoms with Crippen LogP contribution in [-0.2, 0) is 0 Å². The SMILES string of the molecule is CN(c1ccc(N=Nc2nccs2)cc1)c1ccc(N=Nc2nccs2)cc1. The molecule has 2 aromatic carbocycles. The number of azo groups is 2. The monoisotopic (exact) mass is 405 g/mol. The predicted octanol–water partition coefficient (Wildman–Crippen LogP) is 7.20. The summed E-state index contributed by atoms with van der Waals surface area (Å²) < 4.78 is 0. The van der Waals surface area contributed by atoms with Gasteiger partial charge in [-0.1, -0.05) is 0 Å². The summed E-state index contributed by atoms with van der Waals surface area (Å²) in [4.78, 5) is 10.3. The molecule has 4 rings (SSSR count). The smallest absolute Gasteiger partial charge is 0.229 e. The molecular formula is C19H15N7S2. The first-order chi connectivity index (χ1) is 13.8. The molecule has 0 atom stereocenters. The fourth-order valence-corrected chi connectivity index (χ4v) is 3.27. The van der Waals surface area contributed by atoms with Crippen LogP contribution in [0.3, 0.4) is 0 Å². The Morgan fingerprint density at radius 1 is 0.643 bits per heavy atom. The lowest BCUT2D eigenvalue weighted by Gasteiger charge is -2.19. The number of thiazole rings is 2. The van der Waals surface area contributed by atoms with Gasteiger partial charge in [0.2, 0.25) is 10.3 Å². The van der Waals surface area contributed by atoms with Gasteiger partial charge in [0.1, 0.15) is 0 Å². The summed E-state index contributed by atoms with van der Waals surface area (Å²) in [6, 6.07) is 15.7. The molecule has 0 radical (unpaired) electrons. The summed E-state index contributed by atoms with van der Waals surface area (Å²) in [5.41, 5.74) is 3.66. The molecule has 2 aromatic heterocycles. The number of hydrogen-bond acceptors (Lipinski definition) is 9. The van der Waals surface area contributed by atoms with Crippen LogP contribution in [0.15, 0.2) is 92.1 Å². The molecular weight excluding hydrogens is 390 g/mol. The van der Waals surface area contributed by atoms with Crippen LogP contribution in [0, 0.1) is 0 Å². The summed E-state index contributed by atoms with van der Waals surface area (Å²) in [5, 5.41) is 21.7. The van der Waals surface area contributed by atoms with E-state index in [1.54, 1.807) is 12.4 Å². The molecule has 0 aliphatic rings. The fraction of sp³-hybridized carbons (Fsp3) is 0.0526. The maximum atomic E-state index is 4.20. The van der Waals surface area contributed by atoms with Crippen LogP contribution in [-0.4, -0.2) is 17.0 Å². The Hall–Kier alpha value is -3.30. The zero-order chi connectivity index (χ0) is 19.2. The Morgan fingerprint density at radius 3 is 1.43 bits per heavy atom. The minimum Gasteiger partial charge on any atom is -0.345 e. The molecule has 0 unspecified atom stereocenters. The highest BCUT2D eigenvalue weighted by Crippen LogP contribution is 2.29. The van der Waals surface area contributed by atoms with Gasteiger partial charge in [0.25, 0.3) is 0 Å². The Morgan fingerprint density at radius 2 is 1.07 bits per heavy atom. The molecule has 7 nitrogen and oxygen atoms in total. The molecule has 0 bridgehead atoms. The molecule has 0 amide bonds. The second kappa shape index (κ2) is 8.59. The molecule has 0 aliphatic carbocycles. The van der Waals surface area contributed by atoms with Crippen LogP contribution in [0.1, 0.15) is 0 Å². The van der Waals surface area contributed by atoms with E-state index in [-0.39, 0.29) is 0 Å². The Labute approximate surface area is 169 Å². The van der Waals surface area contributed by atoms with Crippen LogP contribution >= 0.6 is 22.7 Å². The van der Waals surface area contributed by atoms with Gasteiger partial charge in [0.05, 0.1) is 11.4 Å². The van der Waals surface area contributed by atoms with Crippen molar-refractivity contribution in [3.05, 3.63) is 71.7 Å². The first-order valence-electron chi connectivity index (χ1n) is 8.34. The first kappa shape index (κ1) is 18.1. The van der Waals surface area contributed by atoms with Gasteiger partial charge in [-0.2, -0.15) is 0 Å². The normalized spacial score (nSPS) is 11.5. The number of anilines is 2. The third kappa shape index (κ3) is 4.51. The van der Waals surface area contributed by atoms with Crippen molar-refractivity contribution in [2.75, 3.05) is 11.9 Å². The third-order valence-electron chi connectivity index (χ3n) is 3.81. The predicted molar refractivity (Wildman–Crippen MR) is 114 cm³/mol. The van der Waals surface area contributed by atoms with Crippen molar-refractivity contribution in [1.82, 2.24) is 9.97 Å². The van der Waals surface area contributed by atoms with Crippen LogP contribution in [0.25, 0.3) is 0 Å². The van der Waals surface area contributed by atoms with Crippen molar-refractivity contribution in [3.8, 4) is 0 Å². The third-order valence-corrected chi connectivity index (χ3v) is 5.13. The van der Waals surface area contributed by atoms with E-state index in [0.717, 1.165) is 22.7 Å². The Bertz CT molecular complexity index is 967. The molecule has 138 valence electrons. The highest BCUT2D eigenvalue weighted by atomic mass is 32.1. The second-order valence-electron chi connectivity index (χ2n) is 5.62. The lowest BCUT2D eigenvalue weighted by molar-refractivity contribution is 1.17. The number of nitrogens with zero attached hydrogens (tertiary/aromatic N) is 7.